The number of oxime groups is 1. The van der Waals surface area contributed by atoms with Crippen LogP contribution >= 0.6 is 0 Å². The van der Waals surface area contributed by atoms with Gasteiger partial charge in [-0.15, -0.1) is 0 Å². The topological polar surface area (TPSA) is 105 Å². The summed E-state index contributed by atoms with van der Waals surface area (Å²) < 4.78 is 6.64. The van der Waals surface area contributed by atoms with Gasteiger partial charge in [-0.05, 0) is 50.2 Å². The number of nitrogens with zero attached hydrogens (tertiary/aromatic N) is 3. The van der Waals surface area contributed by atoms with Crippen LogP contribution < -0.4 is 5.43 Å². The van der Waals surface area contributed by atoms with Crippen molar-refractivity contribution in [3.63, 3.8) is 0 Å². The number of ether oxygens (including phenoxy) is 1. The van der Waals surface area contributed by atoms with Crippen LogP contribution in [0.5, 0.6) is 0 Å². The minimum atomic E-state index is -0.823. The first-order chi connectivity index (χ1) is 12.1. The van der Waals surface area contributed by atoms with Crippen molar-refractivity contribution in [3.8, 4) is 5.69 Å². The van der Waals surface area contributed by atoms with Crippen molar-refractivity contribution in [2.75, 3.05) is 6.61 Å². The van der Waals surface area contributed by atoms with Crippen molar-refractivity contribution in [1.82, 2.24) is 9.99 Å². The Hall–Kier alpha value is -3.42. The van der Waals surface area contributed by atoms with E-state index in [1.54, 1.807) is 31.2 Å². The summed E-state index contributed by atoms with van der Waals surface area (Å²) in [7, 11) is 0. The normalized spacial score (nSPS) is 11.9. The lowest BCUT2D eigenvalue weighted by molar-refractivity contribution is -0.134. The van der Waals surface area contributed by atoms with Crippen molar-refractivity contribution >= 4 is 23.3 Å². The number of hydrazone groups is 1. The summed E-state index contributed by atoms with van der Waals surface area (Å²) in [6, 6.07) is 10.7. The van der Waals surface area contributed by atoms with Crippen molar-refractivity contribution in [3.05, 3.63) is 54.4 Å². The van der Waals surface area contributed by atoms with Crippen LogP contribution in [0.4, 0.5) is 0 Å². The predicted molar refractivity (Wildman–Crippen MR) is 92.2 cm³/mol. The van der Waals surface area contributed by atoms with Crippen LogP contribution in [0.15, 0.2) is 59.0 Å². The van der Waals surface area contributed by atoms with Crippen LogP contribution in [0.25, 0.3) is 5.69 Å². The molecule has 1 aromatic heterocycles. The average Bonchev–Trinajstić information content (AvgIpc) is 3.15. The number of hydrogen-bond acceptors (Lipinski definition) is 6. The minimum Gasteiger partial charge on any atom is -0.461 e. The van der Waals surface area contributed by atoms with Crippen molar-refractivity contribution in [1.29, 1.82) is 0 Å². The molecule has 25 heavy (non-hydrogen) atoms. The maximum absolute atomic E-state index is 12.1. The molecule has 2 rings (SSSR count). The second kappa shape index (κ2) is 8.44. The molecule has 1 amide bonds. The molecular weight excluding hydrogens is 324 g/mol. The van der Waals surface area contributed by atoms with Gasteiger partial charge in [-0.25, -0.2) is 10.2 Å². The van der Waals surface area contributed by atoms with Gasteiger partial charge in [0.2, 0.25) is 5.71 Å². The van der Waals surface area contributed by atoms with Crippen molar-refractivity contribution < 1.29 is 19.5 Å². The van der Waals surface area contributed by atoms with E-state index in [1.807, 2.05) is 29.1 Å². The van der Waals surface area contributed by atoms with E-state index < -0.39 is 11.9 Å². The average molecular weight is 342 g/mol. The highest BCUT2D eigenvalue weighted by molar-refractivity contribution is 6.65. The second-order valence-corrected chi connectivity index (χ2v) is 4.94. The standard InChI is InChI=1S/C17H18N4O4/c1-3-25-17(23)15(20-24)12(2)18-19-16(22)13-6-8-14(9-7-13)21-10-4-5-11-21/h4-11,24H,3H2,1-2H3,(H,19,22)/b18-12+,20-15-. The van der Waals surface area contributed by atoms with Gasteiger partial charge in [-0.3, -0.25) is 4.79 Å². The fraction of sp³-hybridized carbons (Fsp3) is 0.176. The SMILES string of the molecule is CCOC(=O)C(=N\O)/C(C)=N/NC(=O)c1ccc(-n2cccc2)cc1. The summed E-state index contributed by atoms with van der Waals surface area (Å²) in [5.74, 6) is -1.28. The van der Waals surface area contributed by atoms with Crippen molar-refractivity contribution in [2.24, 2.45) is 10.3 Å². The zero-order valence-electron chi connectivity index (χ0n) is 13.8. The summed E-state index contributed by atoms with van der Waals surface area (Å²) in [4.78, 5) is 23.7. The molecule has 0 fully saturated rings. The van der Waals surface area contributed by atoms with Crippen LogP contribution in [0.2, 0.25) is 0 Å². The van der Waals surface area contributed by atoms with E-state index in [2.05, 4.69) is 15.7 Å². The second-order valence-electron chi connectivity index (χ2n) is 4.94. The third-order valence-corrected chi connectivity index (χ3v) is 3.27. The summed E-state index contributed by atoms with van der Waals surface area (Å²) in [6.07, 6.45) is 3.79. The third-order valence-electron chi connectivity index (χ3n) is 3.27. The van der Waals surface area contributed by atoms with E-state index in [0.717, 1.165) is 5.69 Å². The number of nitrogens with one attached hydrogen (secondary N) is 1. The fourth-order valence-corrected chi connectivity index (χ4v) is 2.00. The van der Waals surface area contributed by atoms with Crippen LogP contribution in [-0.4, -0.2) is 39.7 Å². The summed E-state index contributed by atoms with van der Waals surface area (Å²) in [6.45, 7) is 3.17. The monoisotopic (exact) mass is 342 g/mol. The number of carbonyl (C=O) groups excluding carboxylic acids is 2. The van der Waals surface area contributed by atoms with Gasteiger partial charge in [0.1, 0.15) is 0 Å². The molecule has 1 heterocycles. The first kappa shape index (κ1) is 17.9. The molecule has 0 saturated heterocycles. The molecule has 0 aliphatic carbocycles. The molecule has 8 nitrogen and oxygen atoms in total. The van der Waals surface area contributed by atoms with Gasteiger partial charge < -0.3 is 14.5 Å². The Morgan fingerprint density at radius 2 is 1.84 bits per heavy atom. The smallest absolute Gasteiger partial charge is 0.362 e. The molecule has 0 radical (unpaired) electrons. The molecule has 0 bridgehead atoms. The number of hydrogen-bond donors (Lipinski definition) is 2. The van der Waals surface area contributed by atoms with Crippen LogP contribution in [0.1, 0.15) is 24.2 Å². The molecule has 8 heteroatoms. The highest BCUT2D eigenvalue weighted by Crippen LogP contribution is 2.10. The van der Waals surface area contributed by atoms with Gasteiger partial charge in [0.15, 0.2) is 0 Å². The molecule has 0 spiro atoms. The molecule has 0 saturated carbocycles. The fourth-order valence-electron chi connectivity index (χ4n) is 2.00. The van der Waals surface area contributed by atoms with E-state index in [1.165, 1.54) is 6.92 Å². The van der Waals surface area contributed by atoms with Gasteiger partial charge in [0.25, 0.3) is 5.91 Å². The predicted octanol–water partition coefficient (Wildman–Crippen LogP) is 1.98. The van der Waals surface area contributed by atoms with Gasteiger partial charge >= 0.3 is 5.97 Å². The Balaban J connectivity index is 2.05. The van der Waals surface area contributed by atoms with Crippen LogP contribution in [0, 0.1) is 0 Å². The van der Waals surface area contributed by atoms with Gasteiger partial charge in [-0.1, -0.05) is 5.16 Å². The Labute approximate surface area is 144 Å². The first-order valence-electron chi connectivity index (χ1n) is 7.54. The Bertz CT molecular complexity index is 793. The maximum atomic E-state index is 12.1. The molecule has 2 N–H and O–H groups in total. The molecule has 0 unspecified atom stereocenters. The Kier molecular flexibility index (Phi) is 6.05. The summed E-state index contributed by atoms with van der Waals surface area (Å²) >= 11 is 0. The number of carbonyl (C=O) groups is 2. The third kappa shape index (κ3) is 4.54. The first-order valence-corrected chi connectivity index (χ1v) is 7.54. The lowest BCUT2D eigenvalue weighted by atomic mass is 10.2. The minimum absolute atomic E-state index is 0.0262. The number of rotatable bonds is 6. The number of benzene rings is 1. The van der Waals surface area contributed by atoms with Gasteiger partial charge in [-0.2, -0.15) is 5.10 Å². The Morgan fingerprint density at radius 1 is 1.20 bits per heavy atom. The lowest BCUT2D eigenvalue weighted by Gasteiger charge is -2.06. The van der Waals surface area contributed by atoms with E-state index >= 15 is 0 Å². The highest BCUT2D eigenvalue weighted by atomic mass is 16.5. The Morgan fingerprint density at radius 3 is 2.40 bits per heavy atom. The van der Waals surface area contributed by atoms with E-state index in [9.17, 15) is 9.59 Å². The molecule has 0 atom stereocenters. The van der Waals surface area contributed by atoms with E-state index in [4.69, 9.17) is 9.94 Å². The number of esters is 1. The molecule has 0 aliphatic rings. The molecular formula is C17H18N4O4. The van der Waals surface area contributed by atoms with Gasteiger partial charge in [0, 0.05) is 23.6 Å². The van der Waals surface area contributed by atoms with E-state index in [0.29, 0.717) is 5.56 Å². The number of amides is 1. The summed E-state index contributed by atoms with van der Waals surface area (Å²) in [5.41, 5.74) is 3.27. The van der Waals surface area contributed by atoms with Crippen LogP contribution in [-0.2, 0) is 9.53 Å². The molecule has 130 valence electrons. The van der Waals surface area contributed by atoms with E-state index in [-0.39, 0.29) is 18.0 Å². The number of aromatic nitrogens is 1. The molecule has 2 aromatic rings. The zero-order valence-corrected chi connectivity index (χ0v) is 13.8. The molecule has 1 aromatic carbocycles. The zero-order chi connectivity index (χ0) is 18.2. The summed E-state index contributed by atoms with van der Waals surface area (Å²) in [5, 5.41) is 15.5. The largest absolute Gasteiger partial charge is 0.461 e. The highest BCUT2D eigenvalue weighted by Gasteiger charge is 2.17. The quantitative estimate of drug-likeness (QED) is 0.362. The maximum Gasteiger partial charge on any atom is 0.362 e. The van der Waals surface area contributed by atoms with Gasteiger partial charge in [0.05, 0.1) is 12.3 Å². The lowest BCUT2D eigenvalue weighted by Crippen LogP contribution is -2.28. The molecule has 0 aliphatic heterocycles. The van der Waals surface area contributed by atoms with Crippen molar-refractivity contribution in [2.45, 2.75) is 13.8 Å². The van der Waals surface area contributed by atoms with Crippen LogP contribution in [0.3, 0.4) is 0 Å².